The van der Waals surface area contributed by atoms with Gasteiger partial charge in [0.1, 0.15) is 15.8 Å². The van der Waals surface area contributed by atoms with Gasteiger partial charge in [-0.25, -0.2) is 0 Å². The summed E-state index contributed by atoms with van der Waals surface area (Å²) in [5, 5.41) is 10.8. The molecule has 2 aliphatic carbocycles. The zero-order valence-electron chi connectivity index (χ0n) is 18.7. The van der Waals surface area contributed by atoms with Gasteiger partial charge in [0.25, 0.3) is 5.91 Å². The lowest BCUT2D eigenvalue weighted by Gasteiger charge is -2.30. The number of nitrogens with zero attached hydrogens (tertiary/aromatic N) is 1. The van der Waals surface area contributed by atoms with Crippen molar-refractivity contribution in [2.45, 2.75) is 44.6 Å². The summed E-state index contributed by atoms with van der Waals surface area (Å²) >= 11 is 13.1. The van der Waals surface area contributed by atoms with E-state index in [0.29, 0.717) is 32.5 Å². The van der Waals surface area contributed by atoms with Crippen LogP contribution in [0.2, 0.25) is 5.02 Å². The Hall–Kier alpha value is -2.29. The Morgan fingerprint density at radius 3 is 2.79 bits per heavy atom. The van der Waals surface area contributed by atoms with Crippen molar-refractivity contribution >= 4 is 57.8 Å². The van der Waals surface area contributed by atoms with Crippen molar-refractivity contribution < 1.29 is 9.21 Å². The molecule has 3 fully saturated rings. The largest absolute Gasteiger partial charge is 0.456 e. The molecule has 0 spiro atoms. The number of hydrogen-bond donors (Lipinski definition) is 3. The summed E-state index contributed by atoms with van der Waals surface area (Å²) in [4.78, 5) is 15.9. The Morgan fingerprint density at radius 1 is 1.32 bits per heavy atom. The molecule has 2 saturated carbocycles. The van der Waals surface area contributed by atoms with E-state index in [4.69, 9.17) is 39.4 Å². The minimum atomic E-state index is -0.0430. The Kier molecular flexibility index (Phi) is 6.73. The van der Waals surface area contributed by atoms with Crippen molar-refractivity contribution in [2.75, 3.05) is 6.54 Å². The van der Waals surface area contributed by atoms with Crippen LogP contribution < -0.4 is 11.1 Å². The maximum Gasteiger partial charge on any atom is 0.266 e. The molecule has 2 heterocycles. The fraction of sp³-hybridized carbons (Fsp3) is 0.400. The molecule has 3 aliphatic rings. The van der Waals surface area contributed by atoms with Crippen molar-refractivity contribution in [3.63, 3.8) is 0 Å². The molecule has 178 valence electrons. The smallest absolute Gasteiger partial charge is 0.266 e. The van der Waals surface area contributed by atoms with Crippen molar-refractivity contribution in [3.8, 4) is 11.3 Å². The van der Waals surface area contributed by atoms with Crippen LogP contribution in [0.25, 0.3) is 17.4 Å². The maximum atomic E-state index is 13.4. The summed E-state index contributed by atoms with van der Waals surface area (Å²) in [6.45, 7) is 0.586. The summed E-state index contributed by atoms with van der Waals surface area (Å²) < 4.78 is 6.90. The predicted molar refractivity (Wildman–Crippen MR) is 142 cm³/mol. The minimum absolute atomic E-state index is 0.00110. The molecular formula is C25H27ClN4O2S2. The second-order valence-electron chi connectivity index (χ2n) is 9.24. The molecule has 34 heavy (non-hydrogen) atoms. The molecule has 9 heteroatoms. The average Bonchev–Trinajstić information content (AvgIpc) is 3.57. The van der Waals surface area contributed by atoms with Crippen molar-refractivity contribution in [2.24, 2.45) is 17.6 Å². The third-order valence-corrected chi connectivity index (χ3v) is 8.61. The summed E-state index contributed by atoms with van der Waals surface area (Å²) in [6, 6.07) is 9.75. The molecular weight excluding hydrogens is 488 g/mol. The van der Waals surface area contributed by atoms with E-state index in [-0.39, 0.29) is 17.9 Å². The summed E-state index contributed by atoms with van der Waals surface area (Å²) in [7, 11) is 0. The number of carbonyl (C=O) groups is 1. The molecule has 1 amide bonds. The van der Waals surface area contributed by atoms with Gasteiger partial charge >= 0.3 is 0 Å². The monoisotopic (exact) mass is 514 g/mol. The lowest BCUT2D eigenvalue weighted by molar-refractivity contribution is -0.124. The fourth-order valence-corrected chi connectivity index (χ4v) is 6.90. The highest BCUT2D eigenvalue weighted by atomic mass is 35.5. The summed E-state index contributed by atoms with van der Waals surface area (Å²) in [6.07, 6.45) is 8.11. The topological polar surface area (TPSA) is 95.3 Å². The zero-order chi connectivity index (χ0) is 23.8. The lowest BCUT2D eigenvalue weighted by Crippen LogP contribution is -2.41. The third-order valence-electron chi connectivity index (χ3n) is 7.03. The first-order valence-corrected chi connectivity index (χ1v) is 13.2. The number of carbonyl (C=O) groups excluding carboxylic acids is 1. The number of hydrogen-bond acceptors (Lipinski definition) is 5. The van der Waals surface area contributed by atoms with Gasteiger partial charge in [0.05, 0.1) is 4.91 Å². The van der Waals surface area contributed by atoms with Crippen LogP contribution in [-0.2, 0) is 11.2 Å². The van der Waals surface area contributed by atoms with Gasteiger partial charge in [0.15, 0.2) is 5.96 Å². The van der Waals surface area contributed by atoms with Gasteiger partial charge < -0.3 is 15.5 Å². The number of fused-ring (bicyclic) bond motifs is 2. The summed E-state index contributed by atoms with van der Waals surface area (Å²) in [5.74, 6) is 2.67. The van der Waals surface area contributed by atoms with E-state index in [0.717, 1.165) is 42.1 Å². The number of furan rings is 1. The highest BCUT2D eigenvalue weighted by Crippen LogP contribution is 2.49. The lowest BCUT2D eigenvalue weighted by atomic mass is 9.94. The Labute approximate surface area is 213 Å². The van der Waals surface area contributed by atoms with E-state index in [1.807, 2.05) is 41.3 Å². The molecule has 3 atom stereocenters. The van der Waals surface area contributed by atoms with Crippen LogP contribution in [0.15, 0.2) is 39.7 Å². The molecule has 1 aromatic carbocycles. The minimum Gasteiger partial charge on any atom is -0.456 e. The van der Waals surface area contributed by atoms with Gasteiger partial charge in [-0.2, -0.15) is 0 Å². The molecule has 5 rings (SSSR count). The second-order valence-corrected chi connectivity index (χ2v) is 11.4. The van der Waals surface area contributed by atoms with Crippen molar-refractivity contribution in [3.05, 3.63) is 51.6 Å². The zero-order valence-corrected chi connectivity index (χ0v) is 21.1. The Bertz CT molecular complexity index is 1160. The van der Waals surface area contributed by atoms with E-state index in [1.165, 1.54) is 31.0 Å². The molecule has 1 aliphatic heterocycles. The van der Waals surface area contributed by atoms with Gasteiger partial charge in [-0.3, -0.25) is 15.1 Å². The van der Waals surface area contributed by atoms with Crippen molar-refractivity contribution in [1.29, 1.82) is 5.41 Å². The molecule has 4 N–H and O–H groups in total. The van der Waals surface area contributed by atoms with Crippen LogP contribution in [0.1, 0.15) is 43.4 Å². The number of halogens is 1. The van der Waals surface area contributed by atoms with Crippen LogP contribution in [0.4, 0.5) is 0 Å². The molecule has 2 aromatic rings. The number of amides is 1. The number of rotatable bonds is 7. The van der Waals surface area contributed by atoms with Crippen LogP contribution in [0.5, 0.6) is 0 Å². The highest BCUT2D eigenvalue weighted by molar-refractivity contribution is 8.26. The Balaban J connectivity index is 1.40. The number of aryl methyl sites for hydroxylation is 1. The van der Waals surface area contributed by atoms with E-state index < -0.39 is 0 Å². The predicted octanol–water partition coefficient (Wildman–Crippen LogP) is 5.41. The maximum absolute atomic E-state index is 13.4. The van der Waals surface area contributed by atoms with Gasteiger partial charge in [0.2, 0.25) is 0 Å². The van der Waals surface area contributed by atoms with Gasteiger partial charge in [-0.1, -0.05) is 42.0 Å². The second kappa shape index (κ2) is 9.76. The Morgan fingerprint density at radius 2 is 2.12 bits per heavy atom. The van der Waals surface area contributed by atoms with Crippen LogP contribution in [-0.4, -0.2) is 33.7 Å². The normalized spacial score (nSPS) is 25.0. The molecule has 3 unspecified atom stereocenters. The number of thioether (sulfide) groups is 1. The molecule has 0 radical (unpaired) electrons. The first-order valence-electron chi connectivity index (χ1n) is 11.6. The van der Waals surface area contributed by atoms with Crippen molar-refractivity contribution in [1.82, 2.24) is 10.2 Å². The highest BCUT2D eigenvalue weighted by Gasteiger charge is 2.48. The van der Waals surface area contributed by atoms with Crippen LogP contribution >= 0.6 is 35.6 Å². The standard InChI is InChI=1S/C25H27ClN4O2S2/c26-18-7-5-15(6-8-18)20-12-17(2-1-9-29-24(27)28)21(32-20)13-22-23(31)30(25(33)34-22)19-11-14-3-4-16(19)10-14/h5-8,12-14,16,19H,1-4,9-11H2,(H4,27,28,29)/b22-13-. The number of nitrogens with two attached hydrogens (primary N) is 1. The molecule has 2 bridgehead atoms. The van der Waals surface area contributed by atoms with Gasteiger partial charge in [0, 0.05) is 29.2 Å². The number of nitrogens with one attached hydrogen (secondary N) is 2. The number of guanidine groups is 1. The molecule has 1 aromatic heterocycles. The average molecular weight is 515 g/mol. The van der Waals surface area contributed by atoms with E-state index in [9.17, 15) is 4.79 Å². The van der Waals surface area contributed by atoms with Gasteiger partial charge in [-0.15, -0.1) is 0 Å². The SMILES string of the molecule is N=C(N)NCCCc1cc(-c2ccc(Cl)cc2)oc1/C=C1\SC(=S)N(C2CC3CCC2C3)C1=O. The van der Waals surface area contributed by atoms with Gasteiger partial charge in [-0.05, 0) is 79.8 Å². The summed E-state index contributed by atoms with van der Waals surface area (Å²) in [5.41, 5.74) is 7.31. The van der Waals surface area contributed by atoms with Crippen LogP contribution in [0, 0.1) is 17.2 Å². The van der Waals surface area contributed by atoms with E-state index >= 15 is 0 Å². The first-order chi connectivity index (χ1) is 16.4. The number of benzene rings is 1. The quantitative estimate of drug-likeness (QED) is 0.150. The molecule has 1 saturated heterocycles. The third kappa shape index (κ3) is 4.76. The van der Waals surface area contributed by atoms with E-state index in [1.54, 1.807) is 0 Å². The van der Waals surface area contributed by atoms with Crippen LogP contribution in [0.3, 0.4) is 0 Å². The fourth-order valence-electron chi connectivity index (χ4n) is 5.43. The van der Waals surface area contributed by atoms with E-state index in [2.05, 4.69) is 5.32 Å². The first kappa shape index (κ1) is 23.5. The molecule has 6 nitrogen and oxygen atoms in total. The number of thiocarbonyl (C=S) groups is 1.